The Kier molecular flexibility index (Phi) is 7.54. The molecule has 236 valence electrons. The first-order valence-corrected chi connectivity index (χ1v) is 19.9. The molecule has 2 heterocycles. The van der Waals surface area contributed by atoms with Crippen LogP contribution in [0, 0.1) is 11.5 Å². The van der Waals surface area contributed by atoms with Crippen molar-refractivity contribution in [1.29, 1.82) is 0 Å². The van der Waals surface area contributed by atoms with Gasteiger partial charge in [-0.05, 0) is 40.1 Å². The van der Waals surface area contributed by atoms with E-state index in [9.17, 15) is 19.8 Å². The van der Waals surface area contributed by atoms with Crippen LogP contribution in [-0.4, -0.2) is 49.1 Å². The first-order chi connectivity index (χ1) is 22.4. The van der Waals surface area contributed by atoms with Crippen molar-refractivity contribution in [2.75, 3.05) is 28.8 Å². The van der Waals surface area contributed by atoms with Gasteiger partial charge in [-0.3, -0.25) is 9.59 Å². The second-order valence-electron chi connectivity index (χ2n) is 13.6. The van der Waals surface area contributed by atoms with Crippen molar-refractivity contribution >= 4 is 64.4 Å². The number of carbonyl (C=O) groups excluding carboxylic acids is 2. The number of amides is 2. The van der Waals surface area contributed by atoms with Crippen molar-refractivity contribution in [1.82, 2.24) is 0 Å². The molecule has 0 fully saturated rings. The number of rotatable bonds is 3. The maximum absolute atomic E-state index is 14.4. The standard InChI is InChI=1S/C39H35ClN2O4Si/c1-23-21-41(32-18-34(43)28-9-5-7-11-30(28)36(23)32)38(45)25-15-24(13-14-47(2,3)4)16-26(17-25)39(46)42-22-27(20-40)37-31-12-8-6-10-29(31)35(44)19-33(37)42/h5-12,15-19,23,27,43-44H,20-22H2,1-4H3/t23-,27-/m1/s1. The molecule has 0 saturated carbocycles. The molecule has 47 heavy (non-hydrogen) atoms. The number of nitrogens with zero attached hydrogens (tertiary/aromatic N) is 2. The summed E-state index contributed by atoms with van der Waals surface area (Å²) in [5, 5.41) is 25.1. The van der Waals surface area contributed by atoms with Gasteiger partial charge in [0.2, 0.25) is 0 Å². The number of hydrogen-bond donors (Lipinski definition) is 2. The van der Waals surface area contributed by atoms with Gasteiger partial charge < -0.3 is 20.0 Å². The number of phenolic OH excluding ortho intramolecular Hbond substituents is 2. The van der Waals surface area contributed by atoms with Crippen LogP contribution in [0.4, 0.5) is 11.4 Å². The molecule has 0 spiro atoms. The minimum Gasteiger partial charge on any atom is -0.507 e. The monoisotopic (exact) mass is 658 g/mol. The molecule has 0 radical (unpaired) electrons. The third-order valence-electron chi connectivity index (χ3n) is 9.11. The molecule has 5 aromatic rings. The average molecular weight is 659 g/mol. The third kappa shape index (κ3) is 5.32. The molecule has 2 atom stereocenters. The van der Waals surface area contributed by atoms with Crippen LogP contribution in [-0.2, 0) is 0 Å². The van der Waals surface area contributed by atoms with Crippen molar-refractivity contribution in [3.05, 3.63) is 107 Å². The van der Waals surface area contributed by atoms with E-state index >= 15 is 0 Å². The summed E-state index contributed by atoms with van der Waals surface area (Å²) in [5.74, 6) is 3.15. The third-order valence-corrected chi connectivity index (χ3v) is 10.4. The van der Waals surface area contributed by atoms with Crippen molar-refractivity contribution in [3.63, 3.8) is 0 Å². The van der Waals surface area contributed by atoms with Crippen molar-refractivity contribution < 1.29 is 19.8 Å². The lowest BCUT2D eigenvalue weighted by Crippen LogP contribution is -2.32. The predicted octanol–water partition coefficient (Wildman–Crippen LogP) is 8.38. The van der Waals surface area contributed by atoms with Crippen LogP contribution < -0.4 is 9.80 Å². The number of fused-ring (bicyclic) bond motifs is 6. The highest BCUT2D eigenvalue weighted by Gasteiger charge is 2.36. The summed E-state index contributed by atoms with van der Waals surface area (Å²) in [6.45, 7) is 9.30. The Bertz CT molecular complexity index is 2200. The number of anilines is 2. The fraction of sp³-hybridized carbons (Fsp3) is 0.231. The Morgan fingerprint density at radius 3 is 1.79 bits per heavy atom. The van der Waals surface area contributed by atoms with E-state index in [4.69, 9.17) is 11.6 Å². The summed E-state index contributed by atoms with van der Waals surface area (Å²) < 4.78 is 0. The molecular formula is C39H35ClN2O4Si. The minimum absolute atomic E-state index is 0.0477. The Morgan fingerprint density at radius 1 is 0.766 bits per heavy atom. The van der Waals surface area contributed by atoms with Crippen LogP contribution in [0.2, 0.25) is 19.6 Å². The molecule has 0 bridgehead atoms. The van der Waals surface area contributed by atoms with Crippen LogP contribution in [0.3, 0.4) is 0 Å². The normalized spacial score (nSPS) is 17.0. The maximum Gasteiger partial charge on any atom is 0.258 e. The number of phenols is 2. The van der Waals surface area contributed by atoms with E-state index in [1.54, 1.807) is 40.1 Å². The lowest BCUT2D eigenvalue weighted by Gasteiger charge is -2.21. The quantitative estimate of drug-likeness (QED) is 0.116. The number of halogens is 1. The zero-order valence-electron chi connectivity index (χ0n) is 26.8. The Morgan fingerprint density at radius 2 is 1.26 bits per heavy atom. The first-order valence-electron chi connectivity index (χ1n) is 15.8. The summed E-state index contributed by atoms with van der Waals surface area (Å²) in [7, 11) is -1.79. The molecule has 7 rings (SSSR count). The lowest BCUT2D eigenvalue weighted by molar-refractivity contribution is 0.0987. The fourth-order valence-corrected chi connectivity index (χ4v) is 7.80. The van der Waals surface area contributed by atoms with Crippen LogP contribution >= 0.6 is 11.6 Å². The highest BCUT2D eigenvalue weighted by atomic mass is 35.5. The van der Waals surface area contributed by atoms with Crippen LogP contribution in [0.5, 0.6) is 11.5 Å². The number of benzene rings is 5. The van der Waals surface area contributed by atoms with Gasteiger partial charge in [0.15, 0.2) is 0 Å². The van der Waals surface area contributed by atoms with Gasteiger partial charge in [-0.25, -0.2) is 0 Å². The lowest BCUT2D eigenvalue weighted by atomic mass is 9.95. The predicted molar refractivity (Wildman–Crippen MR) is 193 cm³/mol. The Balaban J connectivity index is 1.33. The molecule has 2 aliphatic rings. The zero-order valence-corrected chi connectivity index (χ0v) is 28.5. The number of aromatic hydroxyl groups is 2. The summed E-state index contributed by atoms with van der Waals surface area (Å²) >= 11 is 6.46. The molecule has 8 heteroatoms. The zero-order chi connectivity index (χ0) is 33.2. The van der Waals surface area contributed by atoms with Crippen LogP contribution in [0.15, 0.2) is 78.9 Å². The molecule has 6 nitrogen and oxygen atoms in total. The minimum atomic E-state index is -1.79. The van der Waals surface area contributed by atoms with E-state index in [1.165, 1.54) is 0 Å². The van der Waals surface area contributed by atoms with Crippen molar-refractivity contribution in [2.45, 2.75) is 38.4 Å². The van der Waals surface area contributed by atoms with Gasteiger partial charge in [-0.1, -0.05) is 81.0 Å². The topological polar surface area (TPSA) is 81.1 Å². The van der Waals surface area contributed by atoms with E-state index in [-0.39, 0.29) is 35.1 Å². The van der Waals surface area contributed by atoms with E-state index in [1.807, 2.05) is 48.5 Å². The highest BCUT2D eigenvalue weighted by molar-refractivity contribution is 6.83. The SMILES string of the molecule is C[C@@H]1CN(C(=O)c2cc(C#C[Si](C)(C)C)cc(C(=O)N3C[C@@H](CCl)c4c3cc(O)c3ccccc43)c2)c2cc(O)c3ccccc3c21. The van der Waals surface area contributed by atoms with Crippen molar-refractivity contribution in [3.8, 4) is 23.0 Å². The second-order valence-corrected chi connectivity index (χ2v) is 18.7. The molecule has 0 aliphatic carbocycles. The molecule has 2 N–H and O–H groups in total. The van der Waals surface area contributed by atoms with Crippen molar-refractivity contribution in [2.24, 2.45) is 0 Å². The van der Waals surface area contributed by atoms with Gasteiger partial charge >= 0.3 is 0 Å². The average Bonchev–Trinajstić information content (AvgIpc) is 3.60. The molecular weight excluding hydrogens is 624 g/mol. The molecule has 2 aliphatic heterocycles. The van der Waals surface area contributed by atoms with Crippen LogP contribution in [0.25, 0.3) is 21.5 Å². The molecule has 0 saturated heterocycles. The Labute approximate surface area is 280 Å². The number of hydrogen-bond acceptors (Lipinski definition) is 4. The van der Waals surface area contributed by atoms with Gasteiger partial charge in [0.1, 0.15) is 19.6 Å². The van der Waals surface area contributed by atoms with Gasteiger partial charge in [-0.2, -0.15) is 0 Å². The fourth-order valence-electron chi connectivity index (χ4n) is 7.02. The smallest absolute Gasteiger partial charge is 0.258 e. The largest absolute Gasteiger partial charge is 0.507 e. The van der Waals surface area contributed by atoms with Gasteiger partial charge in [-0.15, -0.1) is 17.1 Å². The van der Waals surface area contributed by atoms with E-state index in [2.05, 4.69) is 38.0 Å². The van der Waals surface area contributed by atoms with Gasteiger partial charge in [0, 0.05) is 70.4 Å². The van der Waals surface area contributed by atoms with Crippen LogP contribution in [0.1, 0.15) is 56.2 Å². The first kappa shape index (κ1) is 30.9. The number of alkyl halides is 1. The molecule has 2 amide bonds. The highest BCUT2D eigenvalue weighted by Crippen LogP contribution is 2.47. The second kappa shape index (κ2) is 11.5. The molecule has 5 aromatic carbocycles. The van der Waals surface area contributed by atoms with E-state index in [0.717, 1.165) is 27.3 Å². The number of carbonyl (C=O) groups is 2. The van der Waals surface area contributed by atoms with E-state index < -0.39 is 8.07 Å². The molecule has 0 aromatic heterocycles. The van der Waals surface area contributed by atoms with Gasteiger partial charge in [0.05, 0.1) is 11.4 Å². The van der Waals surface area contributed by atoms with Gasteiger partial charge in [0.25, 0.3) is 11.8 Å². The van der Waals surface area contributed by atoms with E-state index in [0.29, 0.717) is 52.4 Å². The summed E-state index contributed by atoms with van der Waals surface area (Å²) in [4.78, 5) is 32.1. The summed E-state index contributed by atoms with van der Waals surface area (Å²) in [6.07, 6.45) is 0. The summed E-state index contributed by atoms with van der Waals surface area (Å²) in [6, 6.07) is 23.7. The molecule has 0 unspecified atom stereocenters. The Hall–Kier alpha value is -4.77. The maximum atomic E-state index is 14.4. The summed E-state index contributed by atoms with van der Waals surface area (Å²) in [5.41, 5.74) is 7.88.